The number of aliphatic hydroxyl groups is 1. The van der Waals surface area contributed by atoms with Gasteiger partial charge in [0.25, 0.3) is 0 Å². The molecule has 1 N–H and O–H groups in total. The van der Waals surface area contributed by atoms with E-state index in [0.29, 0.717) is 16.7 Å². The van der Waals surface area contributed by atoms with Crippen LogP contribution in [-0.2, 0) is 0 Å². The van der Waals surface area contributed by atoms with E-state index in [1.54, 1.807) is 18.2 Å². The zero-order valence-corrected chi connectivity index (χ0v) is 7.57. The second kappa shape index (κ2) is 4.41. The van der Waals surface area contributed by atoms with Gasteiger partial charge in [0.05, 0.1) is 23.3 Å². The van der Waals surface area contributed by atoms with E-state index in [1.807, 2.05) is 12.1 Å². The highest BCUT2D eigenvalue weighted by Gasteiger charge is 2.10. The van der Waals surface area contributed by atoms with Crippen LogP contribution in [0.25, 0.3) is 0 Å². The molecule has 1 aromatic rings. The molecule has 0 amide bonds. The van der Waals surface area contributed by atoms with E-state index in [2.05, 4.69) is 6.92 Å². The summed E-state index contributed by atoms with van der Waals surface area (Å²) in [5, 5.41) is 26.4. The first kappa shape index (κ1) is 10.2. The predicted octanol–water partition coefficient (Wildman–Crippen LogP) is 1.34. The lowest BCUT2D eigenvalue weighted by Gasteiger charge is -2.09. The molecule has 0 aliphatic heterocycles. The molecule has 1 atom stereocenters. The lowest BCUT2D eigenvalue weighted by Crippen LogP contribution is -2.02. The van der Waals surface area contributed by atoms with Gasteiger partial charge in [-0.15, -0.1) is 0 Å². The standard InChI is InChI=1S/C11H9N2O/c1-8(7-14)11-4-9(5-12)2-3-10(11)6-13/h2-4,8,14H,1,7H2. The van der Waals surface area contributed by atoms with Crippen molar-refractivity contribution in [1.29, 1.82) is 10.5 Å². The fourth-order valence-corrected chi connectivity index (χ4v) is 1.17. The zero-order chi connectivity index (χ0) is 10.6. The summed E-state index contributed by atoms with van der Waals surface area (Å²) < 4.78 is 0. The first-order chi connectivity index (χ1) is 6.72. The Morgan fingerprint density at radius 3 is 2.57 bits per heavy atom. The average molecular weight is 185 g/mol. The van der Waals surface area contributed by atoms with E-state index in [4.69, 9.17) is 15.6 Å². The number of hydrogen-bond acceptors (Lipinski definition) is 3. The fraction of sp³-hybridized carbons (Fsp3) is 0.182. The second-order valence-corrected chi connectivity index (χ2v) is 2.91. The maximum Gasteiger partial charge on any atom is 0.0994 e. The van der Waals surface area contributed by atoms with Crippen LogP contribution in [0, 0.1) is 29.6 Å². The first-order valence-corrected chi connectivity index (χ1v) is 4.11. The molecule has 0 bridgehead atoms. The number of aliphatic hydroxyl groups excluding tert-OH is 1. The molecule has 0 saturated heterocycles. The minimum absolute atomic E-state index is 0.135. The van der Waals surface area contributed by atoms with Gasteiger partial charge in [-0.25, -0.2) is 0 Å². The van der Waals surface area contributed by atoms with Crippen molar-refractivity contribution in [2.45, 2.75) is 5.92 Å². The van der Waals surface area contributed by atoms with E-state index in [-0.39, 0.29) is 12.5 Å². The predicted molar refractivity (Wildman–Crippen MR) is 51.1 cm³/mol. The maximum atomic E-state index is 8.92. The molecular weight excluding hydrogens is 176 g/mol. The van der Waals surface area contributed by atoms with Crippen LogP contribution in [0.4, 0.5) is 0 Å². The molecule has 0 aromatic heterocycles. The lowest BCUT2D eigenvalue weighted by atomic mass is 9.95. The first-order valence-electron chi connectivity index (χ1n) is 4.11. The molecule has 1 rings (SSSR count). The highest BCUT2D eigenvalue weighted by molar-refractivity contribution is 5.46. The Labute approximate surface area is 82.8 Å². The third kappa shape index (κ3) is 1.90. The van der Waals surface area contributed by atoms with E-state index in [0.717, 1.165) is 0 Å². The molecule has 14 heavy (non-hydrogen) atoms. The van der Waals surface area contributed by atoms with Crippen molar-refractivity contribution in [3.63, 3.8) is 0 Å². The summed E-state index contributed by atoms with van der Waals surface area (Å²) in [6.45, 7) is 3.56. The van der Waals surface area contributed by atoms with Crippen LogP contribution in [0.15, 0.2) is 18.2 Å². The quantitative estimate of drug-likeness (QED) is 0.755. The largest absolute Gasteiger partial charge is 0.396 e. The number of nitriles is 2. The van der Waals surface area contributed by atoms with Gasteiger partial charge >= 0.3 is 0 Å². The summed E-state index contributed by atoms with van der Waals surface area (Å²) >= 11 is 0. The number of rotatable bonds is 2. The topological polar surface area (TPSA) is 67.8 Å². The number of nitrogens with zero attached hydrogens (tertiary/aromatic N) is 2. The molecule has 0 aliphatic rings. The molecule has 0 saturated carbocycles. The van der Waals surface area contributed by atoms with Gasteiger partial charge in [-0.2, -0.15) is 10.5 Å². The Morgan fingerprint density at radius 2 is 2.07 bits per heavy atom. The van der Waals surface area contributed by atoms with Crippen molar-refractivity contribution < 1.29 is 5.11 Å². The average Bonchev–Trinajstić information content (AvgIpc) is 2.27. The monoisotopic (exact) mass is 185 g/mol. The number of hydrogen-bond donors (Lipinski definition) is 1. The Kier molecular flexibility index (Phi) is 3.23. The van der Waals surface area contributed by atoms with E-state index in [1.165, 1.54) is 0 Å². The van der Waals surface area contributed by atoms with Crippen molar-refractivity contribution in [2.75, 3.05) is 6.61 Å². The van der Waals surface area contributed by atoms with Gasteiger partial charge in [-0.3, -0.25) is 0 Å². The van der Waals surface area contributed by atoms with Gasteiger partial charge in [0.2, 0.25) is 0 Å². The van der Waals surface area contributed by atoms with Crippen molar-refractivity contribution in [3.05, 3.63) is 41.8 Å². The van der Waals surface area contributed by atoms with E-state index >= 15 is 0 Å². The van der Waals surface area contributed by atoms with Crippen LogP contribution in [-0.4, -0.2) is 11.7 Å². The smallest absolute Gasteiger partial charge is 0.0994 e. The van der Waals surface area contributed by atoms with Gasteiger partial charge in [0.1, 0.15) is 0 Å². The van der Waals surface area contributed by atoms with Crippen LogP contribution in [0.3, 0.4) is 0 Å². The van der Waals surface area contributed by atoms with Gasteiger partial charge in [-0.1, -0.05) is 0 Å². The highest BCUT2D eigenvalue weighted by atomic mass is 16.3. The van der Waals surface area contributed by atoms with Gasteiger partial charge in [-0.05, 0) is 30.7 Å². The van der Waals surface area contributed by atoms with Gasteiger partial charge in [0.15, 0.2) is 0 Å². The van der Waals surface area contributed by atoms with Crippen LogP contribution in [0.1, 0.15) is 22.6 Å². The Balaban J connectivity index is 3.25. The zero-order valence-electron chi connectivity index (χ0n) is 7.57. The van der Waals surface area contributed by atoms with E-state index < -0.39 is 0 Å². The minimum atomic E-state index is -0.363. The Hall–Kier alpha value is -1.84. The van der Waals surface area contributed by atoms with Crippen LogP contribution in [0.5, 0.6) is 0 Å². The summed E-state index contributed by atoms with van der Waals surface area (Å²) in [5.41, 5.74) is 1.55. The SMILES string of the molecule is [CH2]C(CO)c1cc(C#N)ccc1C#N. The molecule has 0 aliphatic carbocycles. The second-order valence-electron chi connectivity index (χ2n) is 2.91. The van der Waals surface area contributed by atoms with Gasteiger partial charge in [0, 0.05) is 12.5 Å². The summed E-state index contributed by atoms with van der Waals surface area (Å²) in [6, 6.07) is 8.72. The third-order valence-electron chi connectivity index (χ3n) is 1.96. The summed E-state index contributed by atoms with van der Waals surface area (Å²) in [6.07, 6.45) is 0. The molecule has 3 nitrogen and oxygen atoms in total. The number of benzene rings is 1. The van der Waals surface area contributed by atoms with Crippen LogP contribution in [0.2, 0.25) is 0 Å². The van der Waals surface area contributed by atoms with Crippen molar-refractivity contribution in [1.82, 2.24) is 0 Å². The van der Waals surface area contributed by atoms with Crippen LogP contribution < -0.4 is 0 Å². The summed E-state index contributed by atoms with van der Waals surface area (Å²) in [7, 11) is 0. The normalized spacial score (nSPS) is 11.4. The van der Waals surface area contributed by atoms with Crippen molar-refractivity contribution in [2.24, 2.45) is 0 Å². The molecule has 3 heteroatoms. The fourth-order valence-electron chi connectivity index (χ4n) is 1.17. The lowest BCUT2D eigenvalue weighted by molar-refractivity contribution is 0.282. The molecule has 1 unspecified atom stereocenters. The molecule has 69 valence electrons. The third-order valence-corrected chi connectivity index (χ3v) is 1.96. The molecule has 1 aromatic carbocycles. The van der Waals surface area contributed by atoms with Crippen LogP contribution >= 0.6 is 0 Å². The summed E-state index contributed by atoms with van der Waals surface area (Å²) in [4.78, 5) is 0. The van der Waals surface area contributed by atoms with Crippen molar-refractivity contribution in [3.8, 4) is 12.1 Å². The minimum Gasteiger partial charge on any atom is -0.396 e. The Bertz CT molecular complexity index is 412. The maximum absolute atomic E-state index is 8.92. The van der Waals surface area contributed by atoms with E-state index in [9.17, 15) is 0 Å². The molecular formula is C11H9N2O. The Morgan fingerprint density at radius 1 is 1.36 bits per heavy atom. The molecule has 0 fully saturated rings. The molecule has 0 spiro atoms. The molecule has 1 radical (unpaired) electrons. The highest BCUT2D eigenvalue weighted by Crippen LogP contribution is 2.19. The van der Waals surface area contributed by atoms with Crippen molar-refractivity contribution >= 4 is 0 Å². The summed E-state index contributed by atoms with van der Waals surface area (Å²) in [5.74, 6) is -0.363. The molecule has 0 heterocycles. The van der Waals surface area contributed by atoms with Gasteiger partial charge < -0.3 is 5.11 Å².